The molecule has 0 radical (unpaired) electrons. The van der Waals surface area contributed by atoms with Gasteiger partial charge in [-0.2, -0.15) is 0 Å². The van der Waals surface area contributed by atoms with E-state index in [4.69, 9.17) is 0 Å². The molecule has 1 amide bonds. The van der Waals surface area contributed by atoms with Crippen LogP contribution in [0.4, 0.5) is 0 Å². The van der Waals surface area contributed by atoms with Crippen LogP contribution in [0.3, 0.4) is 0 Å². The molecule has 0 aromatic heterocycles. The average Bonchev–Trinajstić information content (AvgIpc) is 2.46. The zero-order valence-corrected chi connectivity index (χ0v) is 12.8. The van der Waals surface area contributed by atoms with Crippen LogP contribution in [0.2, 0.25) is 0 Å². The fourth-order valence-electron chi connectivity index (χ4n) is 2.71. The second-order valence-electron chi connectivity index (χ2n) is 6.17. The number of carbonyl (C=O) groups is 1. The van der Waals surface area contributed by atoms with Gasteiger partial charge in [-0.1, -0.05) is 32.9 Å². The largest absolute Gasteiger partial charge is 0.350 e. The molecule has 1 aliphatic rings. The molecule has 0 saturated carbocycles. The van der Waals surface area contributed by atoms with Crippen LogP contribution in [0.5, 0.6) is 0 Å². The molecular formula is C17H26N2O. The molecular weight excluding hydrogens is 248 g/mol. The summed E-state index contributed by atoms with van der Waals surface area (Å²) >= 11 is 0. The maximum Gasteiger partial charge on any atom is 0.251 e. The van der Waals surface area contributed by atoms with Gasteiger partial charge in [0.2, 0.25) is 0 Å². The molecule has 1 heterocycles. The van der Waals surface area contributed by atoms with Gasteiger partial charge >= 0.3 is 0 Å². The monoisotopic (exact) mass is 274 g/mol. The van der Waals surface area contributed by atoms with E-state index in [0.29, 0.717) is 24.4 Å². The Bertz CT molecular complexity index is 439. The van der Waals surface area contributed by atoms with Crippen molar-refractivity contribution >= 4 is 5.91 Å². The lowest BCUT2D eigenvalue weighted by Crippen LogP contribution is -2.47. The van der Waals surface area contributed by atoms with Crippen molar-refractivity contribution in [2.45, 2.75) is 45.6 Å². The van der Waals surface area contributed by atoms with Crippen LogP contribution >= 0.6 is 0 Å². The van der Waals surface area contributed by atoms with Crippen LogP contribution in [0.1, 0.15) is 55.5 Å². The quantitative estimate of drug-likeness (QED) is 0.886. The predicted octanol–water partition coefficient (Wildman–Crippen LogP) is 2.93. The SMILES string of the molecule is CC(C)c1ccc(C(=O)NCC2NCCCC2C)cc1. The minimum absolute atomic E-state index is 0.0277. The molecule has 1 fully saturated rings. The lowest BCUT2D eigenvalue weighted by atomic mass is 9.92. The average molecular weight is 274 g/mol. The van der Waals surface area contributed by atoms with Gasteiger partial charge in [-0.05, 0) is 48.9 Å². The summed E-state index contributed by atoms with van der Waals surface area (Å²) in [5.74, 6) is 1.16. The molecule has 3 nitrogen and oxygen atoms in total. The molecule has 1 aromatic carbocycles. The van der Waals surface area contributed by atoms with E-state index < -0.39 is 0 Å². The van der Waals surface area contributed by atoms with Crippen LogP contribution in [-0.4, -0.2) is 25.0 Å². The molecule has 0 aliphatic carbocycles. The number of carbonyl (C=O) groups excluding carboxylic acids is 1. The standard InChI is InChI=1S/C17H26N2O/c1-12(2)14-6-8-15(9-7-14)17(20)19-11-16-13(3)5-4-10-18-16/h6-9,12-13,16,18H,4-5,10-11H2,1-3H3,(H,19,20). The Balaban J connectivity index is 1.88. The van der Waals surface area contributed by atoms with Crippen LogP contribution in [0.15, 0.2) is 24.3 Å². The minimum atomic E-state index is 0.0277. The topological polar surface area (TPSA) is 41.1 Å². The first-order valence-electron chi connectivity index (χ1n) is 7.69. The molecule has 110 valence electrons. The van der Waals surface area contributed by atoms with E-state index in [1.165, 1.54) is 18.4 Å². The van der Waals surface area contributed by atoms with Gasteiger partial charge in [-0.3, -0.25) is 4.79 Å². The lowest BCUT2D eigenvalue weighted by Gasteiger charge is -2.30. The van der Waals surface area contributed by atoms with E-state index in [0.717, 1.165) is 12.1 Å². The zero-order chi connectivity index (χ0) is 14.5. The van der Waals surface area contributed by atoms with E-state index >= 15 is 0 Å². The number of benzene rings is 1. The highest BCUT2D eigenvalue weighted by Crippen LogP contribution is 2.16. The maximum atomic E-state index is 12.1. The molecule has 1 saturated heterocycles. The van der Waals surface area contributed by atoms with Gasteiger partial charge in [-0.25, -0.2) is 0 Å². The Morgan fingerprint density at radius 2 is 2.05 bits per heavy atom. The first-order valence-corrected chi connectivity index (χ1v) is 7.69. The highest BCUT2D eigenvalue weighted by molar-refractivity contribution is 5.94. The van der Waals surface area contributed by atoms with E-state index in [9.17, 15) is 4.79 Å². The predicted molar refractivity (Wildman–Crippen MR) is 83.1 cm³/mol. The van der Waals surface area contributed by atoms with E-state index in [-0.39, 0.29) is 5.91 Å². The summed E-state index contributed by atoms with van der Waals surface area (Å²) in [6, 6.07) is 8.33. The van der Waals surface area contributed by atoms with Crippen molar-refractivity contribution in [3.63, 3.8) is 0 Å². The zero-order valence-electron chi connectivity index (χ0n) is 12.8. The third-order valence-electron chi connectivity index (χ3n) is 4.25. The number of hydrogen-bond donors (Lipinski definition) is 2. The van der Waals surface area contributed by atoms with Crippen LogP contribution in [0.25, 0.3) is 0 Å². The number of nitrogens with one attached hydrogen (secondary N) is 2. The Morgan fingerprint density at radius 1 is 1.35 bits per heavy atom. The molecule has 2 N–H and O–H groups in total. The van der Waals surface area contributed by atoms with E-state index in [1.807, 2.05) is 24.3 Å². The highest BCUT2D eigenvalue weighted by Gasteiger charge is 2.21. The fraction of sp³-hybridized carbons (Fsp3) is 0.588. The van der Waals surface area contributed by atoms with Gasteiger partial charge in [0.05, 0.1) is 0 Å². The Labute approximate surface area is 122 Å². The lowest BCUT2D eigenvalue weighted by molar-refractivity contribution is 0.0943. The molecule has 3 heteroatoms. The molecule has 0 spiro atoms. The van der Waals surface area contributed by atoms with Crippen molar-refractivity contribution in [1.29, 1.82) is 0 Å². The third-order valence-corrected chi connectivity index (χ3v) is 4.25. The number of amides is 1. The van der Waals surface area contributed by atoms with Gasteiger partial charge in [-0.15, -0.1) is 0 Å². The Kier molecular flexibility index (Phi) is 5.18. The smallest absolute Gasteiger partial charge is 0.251 e. The van der Waals surface area contributed by atoms with Crippen LogP contribution < -0.4 is 10.6 Å². The van der Waals surface area contributed by atoms with Crippen molar-refractivity contribution in [2.24, 2.45) is 5.92 Å². The van der Waals surface area contributed by atoms with Crippen molar-refractivity contribution in [3.8, 4) is 0 Å². The number of hydrogen-bond acceptors (Lipinski definition) is 2. The maximum absolute atomic E-state index is 12.1. The van der Waals surface area contributed by atoms with Gasteiger partial charge in [0.1, 0.15) is 0 Å². The summed E-state index contributed by atoms with van der Waals surface area (Å²) in [5.41, 5.74) is 2.02. The Morgan fingerprint density at radius 3 is 2.65 bits per heavy atom. The van der Waals surface area contributed by atoms with Crippen molar-refractivity contribution in [1.82, 2.24) is 10.6 Å². The van der Waals surface area contributed by atoms with Gasteiger partial charge in [0.25, 0.3) is 5.91 Å². The molecule has 1 aliphatic heterocycles. The van der Waals surface area contributed by atoms with Gasteiger partial charge in [0.15, 0.2) is 0 Å². The fourth-order valence-corrected chi connectivity index (χ4v) is 2.71. The number of rotatable bonds is 4. The van der Waals surface area contributed by atoms with Crippen molar-refractivity contribution < 1.29 is 4.79 Å². The van der Waals surface area contributed by atoms with Gasteiger partial charge < -0.3 is 10.6 Å². The molecule has 2 rings (SSSR count). The summed E-state index contributed by atoms with van der Waals surface area (Å²) in [7, 11) is 0. The summed E-state index contributed by atoms with van der Waals surface area (Å²) in [4.78, 5) is 12.1. The van der Waals surface area contributed by atoms with E-state index in [2.05, 4.69) is 31.4 Å². The first kappa shape index (κ1) is 15.0. The van der Waals surface area contributed by atoms with Crippen molar-refractivity contribution in [3.05, 3.63) is 35.4 Å². The van der Waals surface area contributed by atoms with Crippen LogP contribution in [0, 0.1) is 5.92 Å². The number of piperidine rings is 1. The van der Waals surface area contributed by atoms with Crippen LogP contribution in [-0.2, 0) is 0 Å². The minimum Gasteiger partial charge on any atom is -0.350 e. The Hall–Kier alpha value is -1.35. The summed E-state index contributed by atoms with van der Waals surface area (Å²) < 4.78 is 0. The molecule has 20 heavy (non-hydrogen) atoms. The third kappa shape index (κ3) is 3.83. The van der Waals surface area contributed by atoms with Gasteiger partial charge in [0, 0.05) is 18.2 Å². The molecule has 1 aromatic rings. The highest BCUT2D eigenvalue weighted by atomic mass is 16.1. The van der Waals surface area contributed by atoms with Crippen molar-refractivity contribution in [2.75, 3.05) is 13.1 Å². The first-order chi connectivity index (χ1) is 9.58. The molecule has 0 bridgehead atoms. The summed E-state index contributed by atoms with van der Waals surface area (Å²) in [6.07, 6.45) is 2.49. The summed E-state index contributed by atoms with van der Waals surface area (Å²) in [6.45, 7) is 8.34. The second-order valence-corrected chi connectivity index (χ2v) is 6.17. The second kappa shape index (κ2) is 6.89. The molecule has 2 unspecified atom stereocenters. The molecule has 2 atom stereocenters. The van der Waals surface area contributed by atoms with E-state index in [1.54, 1.807) is 0 Å². The normalized spacial score (nSPS) is 22.8. The summed E-state index contributed by atoms with van der Waals surface area (Å²) in [5, 5.41) is 6.53.